The summed E-state index contributed by atoms with van der Waals surface area (Å²) in [5, 5.41) is 17.6. The van der Waals surface area contributed by atoms with Crippen molar-refractivity contribution < 1.29 is 42.9 Å². The van der Waals surface area contributed by atoms with Gasteiger partial charge in [0.25, 0.3) is 0 Å². The first kappa shape index (κ1) is 9.92. The van der Waals surface area contributed by atoms with Gasteiger partial charge in [0.05, 0.1) is 0 Å². The van der Waals surface area contributed by atoms with Crippen molar-refractivity contribution in [1.29, 1.82) is 0 Å². The molecule has 1 aromatic carbocycles. The van der Waals surface area contributed by atoms with Gasteiger partial charge in [0.1, 0.15) is 0 Å². The Bertz CT molecular complexity index is 172. The number of phenolic OH excluding ortho intramolecular Hbond substituents is 2. The Morgan fingerprint density at radius 3 is 1.90 bits per heavy atom. The molecule has 0 atom stereocenters. The van der Waals surface area contributed by atoms with Gasteiger partial charge in [-0.15, -0.1) is 12.1 Å². The summed E-state index contributed by atoms with van der Waals surface area (Å²) in [6, 6.07) is 5.38. The van der Waals surface area contributed by atoms with Crippen molar-refractivity contribution >= 4 is 0 Å². The number of hydrogen-bond donors (Lipinski definition) is 2. The molecule has 0 aliphatic carbocycles. The Balaban J connectivity index is 0.000000810. The fraction of sp³-hybridized carbons (Fsp3) is 0.143. The summed E-state index contributed by atoms with van der Waals surface area (Å²) in [7, 11) is 0. The number of aryl methyl sites for hydroxylation is 1. The largest absolute Gasteiger partial charge is 0.534 e. The Morgan fingerprint density at radius 1 is 1.20 bits per heavy atom. The van der Waals surface area contributed by atoms with Gasteiger partial charge >= 0.3 is 0 Å². The zero-order valence-electron chi connectivity index (χ0n) is 5.63. The summed E-state index contributed by atoms with van der Waals surface area (Å²) >= 11 is 0. The normalized spacial score (nSPS) is 8.50. The van der Waals surface area contributed by atoms with Crippen molar-refractivity contribution in [3.05, 3.63) is 23.8 Å². The van der Waals surface area contributed by atoms with E-state index in [2.05, 4.69) is 6.07 Å². The second-order valence-electron chi connectivity index (χ2n) is 1.93. The first-order valence-electron chi connectivity index (χ1n) is 2.60. The van der Waals surface area contributed by atoms with Crippen LogP contribution in [0.5, 0.6) is 11.5 Å². The van der Waals surface area contributed by atoms with Gasteiger partial charge in [0.15, 0.2) is 0 Å². The molecule has 2 nitrogen and oxygen atoms in total. The maximum atomic E-state index is 8.78. The average molecular weight is 212 g/mol. The molecule has 0 aliphatic rings. The molecule has 3 heteroatoms. The molecule has 0 saturated carbocycles. The quantitative estimate of drug-likeness (QED) is 0.634. The van der Waals surface area contributed by atoms with Crippen LogP contribution in [0.4, 0.5) is 0 Å². The average Bonchev–Trinajstić information content (AvgIpc) is 1.59. The molecule has 0 unspecified atom stereocenters. The zero-order valence-corrected chi connectivity index (χ0v) is 8.46. The van der Waals surface area contributed by atoms with Crippen LogP contribution in [0.2, 0.25) is 0 Å². The number of aromatic hydroxyl groups is 2. The van der Waals surface area contributed by atoms with E-state index in [4.69, 9.17) is 10.2 Å². The van der Waals surface area contributed by atoms with Crippen LogP contribution in [0, 0.1) is 13.0 Å². The molecule has 0 saturated heterocycles. The molecule has 51 valence electrons. The van der Waals surface area contributed by atoms with Crippen molar-refractivity contribution in [2.45, 2.75) is 6.92 Å². The summed E-state index contributed by atoms with van der Waals surface area (Å²) in [4.78, 5) is 0. The monoisotopic (exact) mass is 212 g/mol. The third-order valence-electron chi connectivity index (χ3n) is 0.985. The molecular formula is C7H7O2Y-. The third-order valence-corrected chi connectivity index (χ3v) is 0.985. The standard InChI is InChI=1S/C7H7O2.Y/c1-5-2-6(8)4-7(9)3-5;/h2-3,8-9H,1H3;/q-1;. The molecule has 1 rings (SSSR count). The molecule has 0 spiro atoms. The van der Waals surface area contributed by atoms with Crippen LogP contribution in [0.3, 0.4) is 0 Å². The predicted octanol–water partition coefficient (Wildman–Crippen LogP) is 1.20. The van der Waals surface area contributed by atoms with Crippen LogP contribution in [0.25, 0.3) is 0 Å². The molecule has 2 N–H and O–H groups in total. The summed E-state index contributed by atoms with van der Waals surface area (Å²) < 4.78 is 0. The number of phenols is 2. The molecule has 0 amide bonds. The minimum atomic E-state index is -0.0208. The minimum absolute atomic E-state index is 0. The summed E-state index contributed by atoms with van der Waals surface area (Å²) in [5.74, 6) is -0.0417. The second-order valence-corrected chi connectivity index (χ2v) is 1.93. The minimum Gasteiger partial charge on any atom is -0.534 e. The van der Waals surface area contributed by atoms with Gasteiger partial charge in [-0.2, -0.15) is 5.56 Å². The summed E-state index contributed by atoms with van der Waals surface area (Å²) in [5.41, 5.74) is 0.823. The van der Waals surface area contributed by atoms with Gasteiger partial charge in [-0.3, -0.25) is 0 Å². The molecule has 10 heavy (non-hydrogen) atoms. The van der Waals surface area contributed by atoms with Gasteiger partial charge in [0, 0.05) is 44.2 Å². The van der Waals surface area contributed by atoms with Crippen LogP contribution >= 0.6 is 0 Å². The van der Waals surface area contributed by atoms with E-state index in [0.717, 1.165) is 5.56 Å². The zero-order chi connectivity index (χ0) is 6.85. The Kier molecular flexibility index (Phi) is 3.91. The van der Waals surface area contributed by atoms with Crippen molar-refractivity contribution in [3.8, 4) is 11.5 Å². The summed E-state index contributed by atoms with van der Waals surface area (Å²) in [6.45, 7) is 1.78. The van der Waals surface area contributed by atoms with Gasteiger partial charge in [-0.1, -0.05) is 13.0 Å². The maximum Gasteiger partial charge on any atom is 0.00776 e. The smallest absolute Gasteiger partial charge is 0.00776 e. The van der Waals surface area contributed by atoms with E-state index in [1.165, 1.54) is 12.1 Å². The van der Waals surface area contributed by atoms with Crippen molar-refractivity contribution in [1.82, 2.24) is 0 Å². The maximum absolute atomic E-state index is 8.78. The van der Waals surface area contributed by atoms with E-state index in [1.54, 1.807) is 6.92 Å². The number of hydrogen-bond acceptors (Lipinski definition) is 2. The number of rotatable bonds is 0. The van der Waals surface area contributed by atoms with Crippen molar-refractivity contribution in [2.75, 3.05) is 0 Å². The van der Waals surface area contributed by atoms with Gasteiger partial charge in [-0.25, -0.2) is 0 Å². The second kappa shape index (κ2) is 3.94. The van der Waals surface area contributed by atoms with Crippen LogP contribution in [0.1, 0.15) is 5.56 Å². The van der Waals surface area contributed by atoms with Crippen LogP contribution < -0.4 is 0 Å². The molecular weight excluding hydrogens is 205 g/mol. The Hall–Kier alpha value is -0.0761. The van der Waals surface area contributed by atoms with Crippen molar-refractivity contribution in [3.63, 3.8) is 0 Å². The topological polar surface area (TPSA) is 40.5 Å². The molecule has 0 aromatic heterocycles. The van der Waals surface area contributed by atoms with Crippen molar-refractivity contribution in [2.24, 2.45) is 0 Å². The number of benzene rings is 1. The van der Waals surface area contributed by atoms with Crippen LogP contribution in [0.15, 0.2) is 12.1 Å². The van der Waals surface area contributed by atoms with Gasteiger partial charge in [0.2, 0.25) is 0 Å². The molecule has 1 radical (unpaired) electrons. The van der Waals surface area contributed by atoms with E-state index >= 15 is 0 Å². The summed E-state index contributed by atoms with van der Waals surface area (Å²) in [6.07, 6.45) is 0. The predicted molar refractivity (Wildman–Crippen MR) is 33.3 cm³/mol. The molecule has 0 aliphatic heterocycles. The fourth-order valence-electron chi connectivity index (χ4n) is 0.676. The fourth-order valence-corrected chi connectivity index (χ4v) is 0.676. The van der Waals surface area contributed by atoms with E-state index < -0.39 is 0 Å². The van der Waals surface area contributed by atoms with E-state index in [9.17, 15) is 0 Å². The first-order valence-corrected chi connectivity index (χ1v) is 2.60. The van der Waals surface area contributed by atoms with E-state index in [-0.39, 0.29) is 44.2 Å². The SMILES string of the molecule is Cc1cc(O)[c-]c(O)c1.[Y]. The van der Waals surface area contributed by atoms with Gasteiger partial charge < -0.3 is 10.2 Å². The molecule has 0 heterocycles. The Labute approximate surface area is 84.8 Å². The van der Waals surface area contributed by atoms with Crippen LogP contribution in [-0.4, -0.2) is 10.2 Å². The molecule has 0 bridgehead atoms. The third kappa shape index (κ3) is 2.67. The van der Waals surface area contributed by atoms with Crippen LogP contribution in [-0.2, 0) is 32.7 Å². The van der Waals surface area contributed by atoms with E-state index in [0.29, 0.717) is 0 Å². The van der Waals surface area contributed by atoms with Gasteiger partial charge in [-0.05, 0) is 0 Å². The molecule has 1 aromatic rings. The Morgan fingerprint density at radius 2 is 1.60 bits per heavy atom. The first-order chi connectivity index (χ1) is 4.18. The molecule has 0 fully saturated rings. The van der Waals surface area contributed by atoms with E-state index in [1.807, 2.05) is 0 Å².